The first-order valence-electron chi connectivity index (χ1n) is 5.96. The van der Waals surface area contributed by atoms with Crippen LogP contribution >= 0.6 is 0 Å². The van der Waals surface area contributed by atoms with Crippen LogP contribution in [0, 0.1) is 0 Å². The van der Waals surface area contributed by atoms with E-state index in [0.29, 0.717) is 6.07 Å². The Bertz CT molecular complexity index is 971. The Kier molecular flexibility index (Phi) is 9.09. The van der Waals surface area contributed by atoms with Gasteiger partial charge in [-0.25, -0.2) is 8.42 Å². The van der Waals surface area contributed by atoms with Crippen LogP contribution in [0.1, 0.15) is 31.8 Å². The van der Waals surface area contributed by atoms with Crippen LogP contribution in [0.4, 0.5) is 0 Å². The van der Waals surface area contributed by atoms with Crippen molar-refractivity contribution in [1.82, 2.24) is 0 Å². The molecule has 3 rings (SSSR count). The molecule has 11 heteroatoms. The number of carbonyl (C=O) groups excluding carboxylic acids is 2. The summed E-state index contributed by atoms with van der Waals surface area (Å²) in [7, 11) is -5.13. The van der Waals surface area contributed by atoms with Crippen molar-refractivity contribution in [1.29, 1.82) is 0 Å². The quantitative estimate of drug-likeness (QED) is 0.240. The summed E-state index contributed by atoms with van der Waals surface area (Å²) in [4.78, 5) is 23.5. The number of fused-ring (bicyclic) bond motifs is 2. The van der Waals surface area contributed by atoms with Crippen molar-refractivity contribution >= 4 is 21.7 Å². The minimum Gasteiger partial charge on any atom is -0.744 e. The van der Waals surface area contributed by atoms with Crippen LogP contribution in [0.2, 0.25) is 0 Å². The summed E-state index contributed by atoms with van der Waals surface area (Å²) in [5.74, 6) is -3.80. The second-order valence-corrected chi connectivity index (χ2v) is 6.00. The zero-order valence-electron chi connectivity index (χ0n) is 13.7. The van der Waals surface area contributed by atoms with E-state index in [9.17, 15) is 32.8 Å². The molecule has 0 bridgehead atoms. The molecular formula is C14H7Na3O7S+2. The minimum absolute atomic E-state index is 0. The molecule has 2 aromatic carbocycles. The third-order valence-corrected chi connectivity index (χ3v) is 4.25. The average Bonchev–Trinajstić information content (AvgIpc) is 2.46. The number of phenols is 2. The molecule has 25 heavy (non-hydrogen) atoms. The molecule has 0 aromatic heterocycles. The predicted octanol–water partition coefficient (Wildman–Crippen LogP) is -8.21. The predicted molar refractivity (Wildman–Crippen MR) is 71.0 cm³/mol. The molecule has 0 heterocycles. The first-order chi connectivity index (χ1) is 10.2. The van der Waals surface area contributed by atoms with Gasteiger partial charge in [0.1, 0.15) is 15.0 Å². The normalized spacial score (nSPS) is 12.0. The maximum atomic E-state index is 12.4. The molecule has 0 saturated carbocycles. The van der Waals surface area contributed by atoms with Gasteiger partial charge in [-0.3, -0.25) is 9.59 Å². The van der Waals surface area contributed by atoms with Gasteiger partial charge in [0.15, 0.2) is 23.1 Å². The van der Waals surface area contributed by atoms with E-state index in [1.165, 1.54) is 24.3 Å². The summed E-state index contributed by atoms with van der Waals surface area (Å²) >= 11 is 0. The molecule has 112 valence electrons. The van der Waals surface area contributed by atoms with E-state index in [-0.39, 0.29) is 99.8 Å². The van der Waals surface area contributed by atoms with Crippen LogP contribution < -0.4 is 88.7 Å². The molecule has 0 amide bonds. The van der Waals surface area contributed by atoms with E-state index in [2.05, 4.69) is 0 Å². The van der Waals surface area contributed by atoms with Crippen molar-refractivity contribution in [2.45, 2.75) is 4.90 Å². The second kappa shape index (κ2) is 8.99. The topological polar surface area (TPSA) is 132 Å². The average molecular weight is 388 g/mol. The maximum absolute atomic E-state index is 12.4. The molecule has 0 unspecified atom stereocenters. The van der Waals surface area contributed by atoms with Crippen LogP contribution in [0.3, 0.4) is 0 Å². The van der Waals surface area contributed by atoms with Crippen molar-refractivity contribution in [2.24, 2.45) is 0 Å². The smallest absolute Gasteiger partial charge is 0.744 e. The van der Waals surface area contributed by atoms with Crippen LogP contribution in [0.25, 0.3) is 0 Å². The zero-order valence-corrected chi connectivity index (χ0v) is 20.5. The number of phenolic OH excluding ortho intramolecular Hbond substituents is 2. The molecule has 2 N–H and O–H groups in total. The van der Waals surface area contributed by atoms with Crippen LogP contribution in [0.15, 0.2) is 35.2 Å². The molecule has 0 saturated heterocycles. The first kappa shape index (κ1) is 25.3. The summed E-state index contributed by atoms with van der Waals surface area (Å²) in [6, 6.07) is 6.38. The molecule has 0 aliphatic heterocycles. The summed E-state index contributed by atoms with van der Waals surface area (Å²) in [6.45, 7) is 0. The molecule has 0 fully saturated rings. The summed E-state index contributed by atoms with van der Waals surface area (Å²) in [6.07, 6.45) is 0. The van der Waals surface area contributed by atoms with Gasteiger partial charge >= 0.3 is 88.7 Å². The van der Waals surface area contributed by atoms with E-state index in [1.807, 2.05) is 0 Å². The van der Waals surface area contributed by atoms with Gasteiger partial charge in [-0.2, -0.15) is 0 Å². The third-order valence-electron chi connectivity index (χ3n) is 3.40. The fourth-order valence-corrected chi connectivity index (χ4v) is 2.99. The molecule has 2 aromatic rings. The number of benzene rings is 2. The van der Waals surface area contributed by atoms with Crippen molar-refractivity contribution in [3.05, 3.63) is 52.6 Å². The van der Waals surface area contributed by atoms with Crippen molar-refractivity contribution in [3.63, 3.8) is 0 Å². The Labute approximate surface area is 209 Å². The Hall–Kier alpha value is 0.290. The fourth-order valence-electron chi connectivity index (χ4n) is 2.39. The second-order valence-electron chi connectivity index (χ2n) is 4.65. The first-order valence-corrected chi connectivity index (χ1v) is 7.37. The fraction of sp³-hybridized carbons (Fsp3) is 0. The molecule has 1 aliphatic carbocycles. The van der Waals surface area contributed by atoms with E-state index < -0.39 is 49.2 Å². The van der Waals surface area contributed by atoms with E-state index in [4.69, 9.17) is 0 Å². The van der Waals surface area contributed by atoms with Gasteiger partial charge in [0.2, 0.25) is 0 Å². The van der Waals surface area contributed by atoms with Crippen molar-refractivity contribution < 1.29 is 121 Å². The SMILES string of the molecule is O=C1c2ccccc2C(=O)c2c1cc(S(=O)(=O)[O-])c(O)c2O.[Na+].[Na+].[Na+]. The summed E-state index contributed by atoms with van der Waals surface area (Å²) < 4.78 is 33.3. The number of carbonyl (C=O) groups is 2. The van der Waals surface area contributed by atoms with Gasteiger partial charge in [0, 0.05) is 16.7 Å². The van der Waals surface area contributed by atoms with Gasteiger partial charge < -0.3 is 14.8 Å². The Morgan fingerprint density at radius 3 is 1.76 bits per heavy atom. The van der Waals surface area contributed by atoms with Crippen LogP contribution in [-0.4, -0.2) is 34.8 Å². The van der Waals surface area contributed by atoms with Gasteiger partial charge in [-0.05, 0) is 6.07 Å². The van der Waals surface area contributed by atoms with Crippen molar-refractivity contribution in [3.8, 4) is 11.5 Å². The monoisotopic (exact) mass is 388 g/mol. The largest absolute Gasteiger partial charge is 1.00 e. The Morgan fingerprint density at radius 1 is 0.800 bits per heavy atom. The standard InChI is InChI=1S/C14H8O7S.3Na/c15-11-6-3-1-2-4-7(6)12(16)10-8(11)5-9(22(19,20)21)13(17)14(10)18;;;/h1-5,17-18H,(H,19,20,21);;;/q;3*+1/p-1. The molecule has 1 aliphatic rings. The van der Waals surface area contributed by atoms with Gasteiger partial charge in [0.05, 0.1) is 5.56 Å². The summed E-state index contributed by atoms with van der Waals surface area (Å²) in [5.41, 5.74) is -0.909. The molecule has 7 nitrogen and oxygen atoms in total. The number of hydrogen-bond donors (Lipinski definition) is 2. The number of rotatable bonds is 1. The third kappa shape index (κ3) is 4.25. The van der Waals surface area contributed by atoms with E-state index in [1.54, 1.807) is 0 Å². The van der Waals surface area contributed by atoms with Crippen molar-refractivity contribution in [2.75, 3.05) is 0 Å². The number of ketones is 2. The number of hydrogen-bond acceptors (Lipinski definition) is 7. The van der Waals surface area contributed by atoms with Crippen LogP contribution in [0.5, 0.6) is 11.5 Å². The summed E-state index contributed by atoms with van der Waals surface area (Å²) in [5, 5.41) is 19.5. The maximum Gasteiger partial charge on any atom is 1.00 e. The zero-order chi connectivity index (χ0) is 16.2. The van der Waals surface area contributed by atoms with Gasteiger partial charge in [-0.15, -0.1) is 0 Å². The van der Waals surface area contributed by atoms with Gasteiger partial charge in [-0.1, -0.05) is 24.3 Å². The van der Waals surface area contributed by atoms with Crippen LogP contribution in [-0.2, 0) is 10.1 Å². The Balaban J connectivity index is 0.00000192. The molecule has 0 atom stereocenters. The molecular weight excluding hydrogens is 381 g/mol. The molecule has 0 radical (unpaired) electrons. The van der Waals surface area contributed by atoms with Gasteiger partial charge in [0.25, 0.3) is 0 Å². The molecule has 0 spiro atoms. The van der Waals surface area contributed by atoms with E-state index >= 15 is 0 Å². The number of aromatic hydroxyl groups is 2. The Morgan fingerprint density at radius 2 is 1.28 bits per heavy atom. The van der Waals surface area contributed by atoms with E-state index in [0.717, 1.165) is 0 Å². The minimum atomic E-state index is -5.13.